The van der Waals surface area contributed by atoms with E-state index in [4.69, 9.17) is 4.99 Å². The molecule has 1 atom stereocenters. The number of rotatable bonds is 7. The summed E-state index contributed by atoms with van der Waals surface area (Å²) in [7, 11) is 0. The van der Waals surface area contributed by atoms with Gasteiger partial charge in [0.15, 0.2) is 5.96 Å². The summed E-state index contributed by atoms with van der Waals surface area (Å²) in [5.74, 6) is 1.45. The van der Waals surface area contributed by atoms with Crippen molar-refractivity contribution in [2.75, 3.05) is 32.7 Å². The third kappa shape index (κ3) is 7.27. The van der Waals surface area contributed by atoms with Crippen molar-refractivity contribution in [2.45, 2.75) is 52.0 Å². The molecule has 0 aliphatic carbocycles. The van der Waals surface area contributed by atoms with E-state index >= 15 is 0 Å². The summed E-state index contributed by atoms with van der Waals surface area (Å²) in [6.07, 6.45) is 3.68. The molecule has 2 N–H and O–H groups in total. The average Bonchev–Trinajstić information content (AvgIpc) is 3.09. The van der Waals surface area contributed by atoms with Crippen LogP contribution in [0.3, 0.4) is 0 Å². The van der Waals surface area contributed by atoms with E-state index < -0.39 is 0 Å². The molecule has 1 aromatic heterocycles. The fraction of sp³-hybridized carbons (Fsp3) is 0.722. The molecule has 0 bridgehead atoms. The van der Waals surface area contributed by atoms with Crippen LogP contribution in [0, 0.1) is 0 Å². The Hall–Kier alpha value is -0.340. The second-order valence-corrected chi connectivity index (χ2v) is 7.22. The van der Waals surface area contributed by atoms with Crippen LogP contribution in [0.4, 0.5) is 0 Å². The molecule has 1 aromatic rings. The van der Waals surface area contributed by atoms with Crippen LogP contribution in [0.25, 0.3) is 0 Å². The van der Waals surface area contributed by atoms with Crippen LogP contribution in [-0.4, -0.2) is 49.6 Å². The predicted molar refractivity (Wildman–Crippen MR) is 117 cm³/mol. The molecular formula is C18H33IN4S. The van der Waals surface area contributed by atoms with Gasteiger partial charge in [-0.2, -0.15) is 11.3 Å². The lowest BCUT2D eigenvalue weighted by molar-refractivity contribution is 0.206. The van der Waals surface area contributed by atoms with E-state index in [0.717, 1.165) is 19.0 Å². The van der Waals surface area contributed by atoms with Gasteiger partial charge in [0.25, 0.3) is 0 Å². The van der Waals surface area contributed by atoms with Gasteiger partial charge in [-0.1, -0.05) is 13.8 Å². The van der Waals surface area contributed by atoms with Crippen LogP contribution in [0.15, 0.2) is 21.8 Å². The molecule has 24 heavy (non-hydrogen) atoms. The molecule has 0 spiro atoms. The van der Waals surface area contributed by atoms with Gasteiger partial charge in [-0.15, -0.1) is 24.0 Å². The molecule has 2 rings (SSSR count). The van der Waals surface area contributed by atoms with Gasteiger partial charge in [0.2, 0.25) is 0 Å². The molecule has 1 aliphatic heterocycles. The Morgan fingerprint density at radius 3 is 2.71 bits per heavy atom. The Morgan fingerprint density at radius 1 is 1.38 bits per heavy atom. The Balaban J connectivity index is 0.00000288. The van der Waals surface area contributed by atoms with Crippen LogP contribution >= 0.6 is 35.3 Å². The fourth-order valence-electron chi connectivity index (χ4n) is 3.02. The van der Waals surface area contributed by atoms with Gasteiger partial charge in [-0.05, 0) is 55.1 Å². The van der Waals surface area contributed by atoms with Crippen molar-refractivity contribution in [1.82, 2.24) is 15.5 Å². The first kappa shape index (κ1) is 21.7. The fourth-order valence-corrected chi connectivity index (χ4v) is 3.80. The largest absolute Gasteiger partial charge is 0.357 e. The van der Waals surface area contributed by atoms with Crippen LogP contribution in [0.2, 0.25) is 0 Å². The molecule has 4 nitrogen and oxygen atoms in total. The van der Waals surface area contributed by atoms with E-state index in [1.807, 2.05) is 0 Å². The van der Waals surface area contributed by atoms with Crippen molar-refractivity contribution in [3.05, 3.63) is 22.4 Å². The summed E-state index contributed by atoms with van der Waals surface area (Å²) >= 11 is 1.76. The number of hydrogen-bond donors (Lipinski definition) is 2. The maximum Gasteiger partial charge on any atom is 0.191 e. The minimum Gasteiger partial charge on any atom is -0.357 e. The number of nitrogens with zero attached hydrogens (tertiary/aromatic N) is 2. The average molecular weight is 464 g/mol. The van der Waals surface area contributed by atoms with Gasteiger partial charge in [0.1, 0.15) is 0 Å². The second-order valence-electron chi connectivity index (χ2n) is 6.44. The summed E-state index contributed by atoms with van der Waals surface area (Å²) in [4.78, 5) is 7.37. The summed E-state index contributed by atoms with van der Waals surface area (Å²) in [5, 5.41) is 11.4. The van der Waals surface area contributed by atoms with Crippen molar-refractivity contribution in [3.8, 4) is 0 Å². The second kappa shape index (κ2) is 12.1. The quantitative estimate of drug-likeness (QED) is 0.365. The molecule has 138 valence electrons. The highest BCUT2D eigenvalue weighted by Gasteiger charge is 2.19. The van der Waals surface area contributed by atoms with Crippen molar-refractivity contribution < 1.29 is 0 Å². The number of halogens is 1. The first-order chi connectivity index (χ1) is 11.2. The van der Waals surface area contributed by atoms with E-state index in [-0.39, 0.29) is 24.0 Å². The van der Waals surface area contributed by atoms with Crippen LogP contribution < -0.4 is 10.6 Å². The number of piperidine rings is 1. The van der Waals surface area contributed by atoms with Gasteiger partial charge in [-0.3, -0.25) is 4.99 Å². The monoisotopic (exact) mass is 464 g/mol. The number of guanidine groups is 1. The normalized spacial score (nSPS) is 18.0. The molecule has 1 saturated heterocycles. The van der Waals surface area contributed by atoms with Crippen molar-refractivity contribution in [1.29, 1.82) is 0 Å². The molecule has 1 aliphatic rings. The molecule has 0 radical (unpaired) electrons. The third-order valence-electron chi connectivity index (χ3n) is 4.45. The number of nitrogens with one attached hydrogen (secondary N) is 2. The van der Waals surface area contributed by atoms with E-state index in [1.165, 1.54) is 44.5 Å². The molecule has 6 heteroatoms. The highest BCUT2D eigenvalue weighted by molar-refractivity contribution is 14.0. The first-order valence-electron chi connectivity index (χ1n) is 9.02. The van der Waals surface area contributed by atoms with Crippen molar-refractivity contribution >= 4 is 41.3 Å². The van der Waals surface area contributed by atoms with Gasteiger partial charge >= 0.3 is 0 Å². The minimum atomic E-state index is 0. The molecule has 1 unspecified atom stereocenters. The third-order valence-corrected chi connectivity index (χ3v) is 5.15. The number of hydrogen-bond acceptors (Lipinski definition) is 3. The first-order valence-corrected chi connectivity index (χ1v) is 9.96. The Bertz CT molecular complexity index is 456. The highest BCUT2D eigenvalue weighted by Crippen LogP contribution is 2.18. The molecule has 2 heterocycles. The lowest BCUT2D eigenvalue weighted by Gasteiger charge is -2.32. The van der Waals surface area contributed by atoms with Gasteiger partial charge in [0, 0.05) is 38.1 Å². The van der Waals surface area contributed by atoms with Crippen molar-refractivity contribution in [2.24, 2.45) is 4.99 Å². The van der Waals surface area contributed by atoms with E-state index in [2.05, 4.69) is 53.1 Å². The maximum absolute atomic E-state index is 4.80. The zero-order valence-electron chi connectivity index (χ0n) is 15.3. The Morgan fingerprint density at radius 2 is 2.12 bits per heavy atom. The van der Waals surface area contributed by atoms with Crippen LogP contribution in [0.5, 0.6) is 0 Å². The van der Waals surface area contributed by atoms with Crippen molar-refractivity contribution in [3.63, 3.8) is 0 Å². The summed E-state index contributed by atoms with van der Waals surface area (Å²) in [6, 6.07) is 2.76. The number of thiophene rings is 1. The Labute approximate surface area is 168 Å². The molecule has 0 amide bonds. The zero-order valence-corrected chi connectivity index (χ0v) is 18.4. The lowest BCUT2D eigenvalue weighted by Crippen LogP contribution is -2.48. The Kier molecular flexibility index (Phi) is 10.9. The van der Waals surface area contributed by atoms with Crippen LogP contribution in [-0.2, 0) is 0 Å². The molecular weight excluding hydrogens is 431 g/mol. The highest BCUT2D eigenvalue weighted by atomic mass is 127. The predicted octanol–water partition coefficient (Wildman–Crippen LogP) is 3.90. The SMILES string of the molecule is CCCN1CCC(NC(=NCC(C)c2ccsc2)NCC)CC1.I. The van der Waals surface area contributed by atoms with Gasteiger partial charge < -0.3 is 15.5 Å². The maximum atomic E-state index is 4.80. The smallest absolute Gasteiger partial charge is 0.191 e. The molecule has 0 saturated carbocycles. The lowest BCUT2D eigenvalue weighted by atomic mass is 10.0. The number of likely N-dealkylation sites (tertiary alicyclic amines) is 1. The number of aliphatic imine (C=N–C) groups is 1. The van der Waals surface area contributed by atoms with Gasteiger partial charge in [0.05, 0.1) is 0 Å². The van der Waals surface area contributed by atoms with Crippen LogP contribution in [0.1, 0.15) is 51.5 Å². The van der Waals surface area contributed by atoms with E-state index in [0.29, 0.717) is 12.0 Å². The molecule has 0 aromatic carbocycles. The summed E-state index contributed by atoms with van der Waals surface area (Å²) < 4.78 is 0. The van der Waals surface area contributed by atoms with E-state index in [1.54, 1.807) is 11.3 Å². The van der Waals surface area contributed by atoms with Gasteiger partial charge in [-0.25, -0.2) is 0 Å². The summed E-state index contributed by atoms with van der Waals surface area (Å²) in [6.45, 7) is 12.0. The molecule has 1 fully saturated rings. The topological polar surface area (TPSA) is 39.7 Å². The summed E-state index contributed by atoms with van der Waals surface area (Å²) in [5.41, 5.74) is 1.39. The minimum absolute atomic E-state index is 0. The van der Waals surface area contributed by atoms with E-state index in [9.17, 15) is 0 Å². The zero-order chi connectivity index (χ0) is 16.5. The standard InChI is InChI=1S/C18H32N4S.HI/c1-4-9-22-10-6-17(7-11-22)21-18(19-5-2)20-13-15(3)16-8-12-23-14-16;/h8,12,14-15,17H,4-7,9-11,13H2,1-3H3,(H2,19,20,21);1H.